The number of hydrogen-bond donors (Lipinski definition) is 0. The number of rotatable bonds is 7. The Morgan fingerprint density at radius 3 is 2.41 bits per heavy atom. The van der Waals surface area contributed by atoms with Gasteiger partial charge in [-0.3, -0.25) is 9.36 Å². The molecular formula is C24H25F2N3O2S. The monoisotopic (exact) mass is 457 g/mol. The van der Waals surface area contributed by atoms with Crippen LogP contribution in [0.25, 0.3) is 16.9 Å². The Bertz CT molecular complexity index is 1050. The number of piperidine rings is 1. The molecule has 1 aliphatic heterocycles. The summed E-state index contributed by atoms with van der Waals surface area (Å²) in [4.78, 5) is 19.2. The molecule has 0 bridgehead atoms. The van der Waals surface area contributed by atoms with Crippen LogP contribution in [0, 0.1) is 6.92 Å². The minimum Gasteiger partial charge on any atom is -0.435 e. The summed E-state index contributed by atoms with van der Waals surface area (Å²) in [6, 6.07) is 14.5. The Balaban J connectivity index is 1.62. The predicted octanol–water partition coefficient (Wildman–Crippen LogP) is 5.55. The van der Waals surface area contributed by atoms with Crippen molar-refractivity contribution in [1.82, 2.24) is 14.5 Å². The van der Waals surface area contributed by atoms with E-state index in [1.54, 1.807) is 18.3 Å². The number of amides is 1. The SMILES string of the molecule is Cc1ccc(-c2cnc(SCC(=O)N3CCCCC3)n2-c2ccc(OC(F)F)cc2)cc1. The molecule has 8 heteroatoms. The van der Waals surface area contributed by atoms with E-state index in [-0.39, 0.29) is 11.7 Å². The minimum absolute atomic E-state index is 0.0928. The van der Waals surface area contributed by atoms with E-state index >= 15 is 0 Å². The lowest BCUT2D eigenvalue weighted by molar-refractivity contribution is -0.129. The molecule has 3 aromatic rings. The molecule has 0 atom stereocenters. The Labute approximate surface area is 190 Å². The largest absolute Gasteiger partial charge is 0.435 e. The number of thioether (sulfide) groups is 1. The fraction of sp³-hybridized carbons (Fsp3) is 0.333. The quantitative estimate of drug-likeness (QED) is 0.436. The number of aryl methyl sites for hydroxylation is 1. The van der Waals surface area contributed by atoms with Gasteiger partial charge < -0.3 is 9.64 Å². The molecule has 0 radical (unpaired) electrons. The molecule has 0 spiro atoms. The van der Waals surface area contributed by atoms with Crippen molar-refractivity contribution in [2.24, 2.45) is 0 Å². The van der Waals surface area contributed by atoms with Crippen molar-refractivity contribution < 1.29 is 18.3 Å². The van der Waals surface area contributed by atoms with E-state index in [1.807, 2.05) is 40.7 Å². The number of halogens is 2. The van der Waals surface area contributed by atoms with Crippen molar-refractivity contribution in [3.8, 4) is 22.7 Å². The Morgan fingerprint density at radius 1 is 1.06 bits per heavy atom. The second-order valence-electron chi connectivity index (χ2n) is 7.73. The number of alkyl halides is 2. The van der Waals surface area contributed by atoms with E-state index in [0.717, 1.165) is 48.4 Å². The van der Waals surface area contributed by atoms with Crippen LogP contribution in [0.2, 0.25) is 0 Å². The molecule has 2 aromatic carbocycles. The molecule has 0 unspecified atom stereocenters. The molecule has 32 heavy (non-hydrogen) atoms. The molecule has 0 saturated carbocycles. The van der Waals surface area contributed by atoms with Gasteiger partial charge in [0.15, 0.2) is 5.16 Å². The Kier molecular flexibility index (Phi) is 7.09. The van der Waals surface area contributed by atoms with E-state index in [0.29, 0.717) is 10.9 Å². The number of carbonyl (C=O) groups is 1. The summed E-state index contributed by atoms with van der Waals surface area (Å²) in [6.07, 6.45) is 5.06. The zero-order valence-electron chi connectivity index (χ0n) is 17.8. The van der Waals surface area contributed by atoms with E-state index in [1.165, 1.54) is 30.3 Å². The van der Waals surface area contributed by atoms with Gasteiger partial charge in [0.1, 0.15) is 5.75 Å². The lowest BCUT2D eigenvalue weighted by Crippen LogP contribution is -2.36. The first-order valence-corrected chi connectivity index (χ1v) is 11.6. The number of hydrogen-bond acceptors (Lipinski definition) is 4. The average molecular weight is 458 g/mol. The van der Waals surface area contributed by atoms with E-state index < -0.39 is 6.61 Å². The van der Waals surface area contributed by atoms with E-state index in [4.69, 9.17) is 0 Å². The molecule has 168 valence electrons. The van der Waals surface area contributed by atoms with Gasteiger partial charge in [-0.05, 0) is 50.5 Å². The van der Waals surface area contributed by atoms with Crippen molar-refractivity contribution in [3.63, 3.8) is 0 Å². The van der Waals surface area contributed by atoms with Crippen LogP contribution in [0.1, 0.15) is 24.8 Å². The van der Waals surface area contributed by atoms with Gasteiger partial charge in [0, 0.05) is 24.3 Å². The smallest absolute Gasteiger partial charge is 0.387 e. The molecule has 1 amide bonds. The van der Waals surface area contributed by atoms with Crippen LogP contribution >= 0.6 is 11.8 Å². The number of ether oxygens (including phenoxy) is 1. The molecule has 5 nitrogen and oxygen atoms in total. The number of aromatic nitrogens is 2. The first-order chi connectivity index (χ1) is 15.5. The summed E-state index contributed by atoms with van der Waals surface area (Å²) < 4.78 is 31.5. The van der Waals surface area contributed by atoms with Crippen molar-refractivity contribution >= 4 is 17.7 Å². The summed E-state index contributed by atoms with van der Waals surface area (Å²) in [6.45, 7) is 0.780. The zero-order chi connectivity index (χ0) is 22.5. The maximum Gasteiger partial charge on any atom is 0.387 e. The first kappa shape index (κ1) is 22.3. The highest BCUT2D eigenvalue weighted by Gasteiger charge is 2.20. The van der Waals surface area contributed by atoms with Crippen molar-refractivity contribution in [3.05, 3.63) is 60.3 Å². The van der Waals surface area contributed by atoms with Gasteiger partial charge in [0.25, 0.3) is 0 Å². The minimum atomic E-state index is -2.87. The molecular weight excluding hydrogens is 432 g/mol. The highest BCUT2D eigenvalue weighted by Crippen LogP contribution is 2.31. The maximum atomic E-state index is 12.7. The van der Waals surface area contributed by atoms with Crippen LogP contribution in [0.5, 0.6) is 5.75 Å². The Hall–Kier alpha value is -2.87. The van der Waals surface area contributed by atoms with Gasteiger partial charge in [-0.2, -0.15) is 8.78 Å². The average Bonchev–Trinajstić information content (AvgIpc) is 3.22. The third-order valence-electron chi connectivity index (χ3n) is 5.43. The normalized spacial score (nSPS) is 14.1. The van der Waals surface area contributed by atoms with Crippen molar-refractivity contribution in [2.45, 2.75) is 38.0 Å². The summed E-state index contributed by atoms with van der Waals surface area (Å²) in [5.41, 5.74) is 3.74. The number of imidazole rings is 1. The van der Waals surface area contributed by atoms with Gasteiger partial charge >= 0.3 is 6.61 Å². The molecule has 1 saturated heterocycles. The van der Waals surface area contributed by atoms with Crippen LogP contribution in [-0.2, 0) is 4.79 Å². The highest BCUT2D eigenvalue weighted by atomic mass is 32.2. The summed E-state index contributed by atoms with van der Waals surface area (Å²) >= 11 is 1.39. The van der Waals surface area contributed by atoms with Gasteiger partial charge in [0.2, 0.25) is 5.91 Å². The van der Waals surface area contributed by atoms with Gasteiger partial charge in [-0.25, -0.2) is 4.98 Å². The zero-order valence-corrected chi connectivity index (χ0v) is 18.7. The number of carbonyl (C=O) groups excluding carboxylic acids is 1. The lowest BCUT2D eigenvalue weighted by atomic mass is 10.1. The van der Waals surface area contributed by atoms with Crippen LogP contribution in [0.15, 0.2) is 59.9 Å². The summed E-state index contributed by atoms with van der Waals surface area (Å²) in [5.74, 6) is 0.508. The molecule has 1 aliphatic rings. The maximum absolute atomic E-state index is 12.7. The number of likely N-dealkylation sites (tertiary alicyclic amines) is 1. The van der Waals surface area contributed by atoms with E-state index in [9.17, 15) is 13.6 Å². The van der Waals surface area contributed by atoms with Crippen LogP contribution in [0.3, 0.4) is 0 Å². The standard InChI is InChI=1S/C24H25F2N3O2S/c1-17-5-7-18(8-6-17)21-15-27-24(32-16-22(30)28-13-3-2-4-14-28)29(21)19-9-11-20(12-10-19)31-23(25)26/h5-12,15,23H,2-4,13-14,16H2,1H3. The molecule has 0 aliphatic carbocycles. The topological polar surface area (TPSA) is 47.4 Å². The van der Waals surface area contributed by atoms with Crippen LogP contribution in [-0.4, -0.2) is 45.8 Å². The molecule has 1 aromatic heterocycles. The lowest BCUT2D eigenvalue weighted by Gasteiger charge is -2.26. The highest BCUT2D eigenvalue weighted by molar-refractivity contribution is 7.99. The van der Waals surface area contributed by atoms with Crippen LogP contribution < -0.4 is 4.74 Å². The fourth-order valence-electron chi connectivity index (χ4n) is 3.75. The first-order valence-electron chi connectivity index (χ1n) is 10.6. The molecule has 0 N–H and O–H groups in total. The Morgan fingerprint density at radius 2 is 1.75 bits per heavy atom. The number of benzene rings is 2. The summed E-state index contributed by atoms with van der Waals surface area (Å²) in [7, 11) is 0. The molecule has 1 fully saturated rings. The number of nitrogens with zero attached hydrogens (tertiary/aromatic N) is 3. The van der Waals surface area contributed by atoms with Gasteiger partial charge in [-0.1, -0.05) is 41.6 Å². The molecule has 4 rings (SSSR count). The fourth-order valence-corrected chi connectivity index (χ4v) is 4.65. The van der Waals surface area contributed by atoms with Crippen LogP contribution in [0.4, 0.5) is 8.78 Å². The van der Waals surface area contributed by atoms with Crippen molar-refractivity contribution in [1.29, 1.82) is 0 Å². The second-order valence-corrected chi connectivity index (χ2v) is 8.67. The van der Waals surface area contributed by atoms with Gasteiger partial charge in [0.05, 0.1) is 17.6 Å². The van der Waals surface area contributed by atoms with Gasteiger partial charge in [-0.15, -0.1) is 0 Å². The third-order valence-corrected chi connectivity index (χ3v) is 6.37. The van der Waals surface area contributed by atoms with Crippen molar-refractivity contribution in [2.75, 3.05) is 18.8 Å². The van der Waals surface area contributed by atoms with E-state index in [2.05, 4.69) is 9.72 Å². The second kappa shape index (κ2) is 10.2. The molecule has 2 heterocycles. The predicted molar refractivity (Wildman–Crippen MR) is 122 cm³/mol. The third kappa shape index (κ3) is 5.30. The summed E-state index contributed by atoms with van der Waals surface area (Å²) in [5, 5.41) is 0.675.